The molecule has 0 radical (unpaired) electrons. The monoisotopic (exact) mass is 780 g/mol. The van der Waals surface area contributed by atoms with Gasteiger partial charge in [-0.1, -0.05) is 18.2 Å². The Bertz CT molecular complexity index is 2420. The highest BCUT2D eigenvalue weighted by atomic mass is 16.5. The summed E-state index contributed by atoms with van der Waals surface area (Å²) in [5.74, 6) is 0.00505. The van der Waals surface area contributed by atoms with Crippen molar-refractivity contribution in [2.45, 2.75) is 62.7 Å². The van der Waals surface area contributed by atoms with E-state index in [2.05, 4.69) is 34.7 Å². The van der Waals surface area contributed by atoms with Crippen molar-refractivity contribution in [1.29, 1.82) is 0 Å². The number of amides is 4. The quantitative estimate of drug-likeness (QED) is 0.215. The average molecular weight is 781 g/mol. The van der Waals surface area contributed by atoms with Crippen LogP contribution >= 0.6 is 0 Å². The first-order chi connectivity index (χ1) is 28.3. The summed E-state index contributed by atoms with van der Waals surface area (Å²) in [5, 5.41) is 8.16. The summed E-state index contributed by atoms with van der Waals surface area (Å²) in [5.41, 5.74) is 10.4. The van der Waals surface area contributed by atoms with Gasteiger partial charge in [0.05, 0.1) is 22.6 Å². The minimum Gasteiger partial charge on any atom is -0.457 e. The van der Waals surface area contributed by atoms with Crippen molar-refractivity contribution in [2.24, 2.45) is 0 Å². The molecule has 0 saturated carbocycles. The highest BCUT2D eigenvalue weighted by Gasteiger charge is 2.45. The second-order valence-corrected chi connectivity index (χ2v) is 16.0. The molecule has 0 bridgehead atoms. The SMILES string of the molecule is Nc1ncnc2c1c(-c1ccc(Oc3ccccc3)cc1)nn2C1CCN(C2CCN(C3CN(c4ccc5c(c4)C(=O)N(C4CCC(=O)NC4=O)C5=O)C3)CC2)CC1. The summed E-state index contributed by atoms with van der Waals surface area (Å²) in [6.07, 6.45) is 5.95. The summed E-state index contributed by atoms with van der Waals surface area (Å²) in [7, 11) is 0. The molecule has 296 valence electrons. The fourth-order valence-corrected chi connectivity index (χ4v) is 9.42. The molecule has 0 spiro atoms. The number of piperidine rings is 3. The van der Waals surface area contributed by atoms with Gasteiger partial charge < -0.3 is 20.3 Å². The van der Waals surface area contributed by atoms with Crippen molar-refractivity contribution >= 4 is 46.2 Å². The first-order valence-corrected chi connectivity index (χ1v) is 20.2. The predicted molar refractivity (Wildman–Crippen MR) is 215 cm³/mol. The molecule has 3 N–H and O–H groups in total. The zero-order chi connectivity index (χ0) is 39.5. The lowest BCUT2D eigenvalue weighted by atomic mass is 9.95. The lowest BCUT2D eigenvalue weighted by Crippen LogP contribution is -2.62. The number of fused-ring (bicyclic) bond motifs is 2. The fourth-order valence-electron chi connectivity index (χ4n) is 9.42. The molecule has 1 atom stereocenters. The maximum absolute atomic E-state index is 13.3. The number of likely N-dealkylation sites (tertiary alicyclic amines) is 2. The van der Waals surface area contributed by atoms with Gasteiger partial charge in [-0.05, 0) is 86.7 Å². The van der Waals surface area contributed by atoms with Crippen molar-refractivity contribution in [3.05, 3.63) is 90.3 Å². The summed E-state index contributed by atoms with van der Waals surface area (Å²) in [4.78, 5) is 68.1. The molecule has 2 aromatic heterocycles. The van der Waals surface area contributed by atoms with Gasteiger partial charge in [0.1, 0.15) is 35.4 Å². The topological polar surface area (TPSA) is 172 Å². The Morgan fingerprint density at radius 2 is 1.38 bits per heavy atom. The van der Waals surface area contributed by atoms with E-state index in [0.717, 1.165) is 109 Å². The molecule has 58 heavy (non-hydrogen) atoms. The molecule has 5 aromatic rings. The molecule has 10 rings (SSSR count). The van der Waals surface area contributed by atoms with Crippen molar-refractivity contribution in [1.82, 2.24) is 39.8 Å². The van der Waals surface area contributed by atoms with Crippen LogP contribution in [0.5, 0.6) is 11.5 Å². The molecule has 4 fully saturated rings. The van der Waals surface area contributed by atoms with Crippen LogP contribution in [0, 0.1) is 0 Å². The number of aromatic nitrogens is 4. The molecular weight excluding hydrogens is 737 g/mol. The average Bonchev–Trinajstić information content (AvgIpc) is 3.74. The third-order valence-electron chi connectivity index (χ3n) is 12.7. The van der Waals surface area contributed by atoms with Crippen LogP contribution in [0.2, 0.25) is 0 Å². The summed E-state index contributed by atoms with van der Waals surface area (Å²) < 4.78 is 8.08. The molecule has 7 heterocycles. The van der Waals surface area contributed by atoms with E-state index in [1.165, 1.54) is 6.33 Å². The number of anilines is 2. The van der Waals surface area contributed by atoms with Gasteiger partial charge in [0.15, 0.2) is 5.65 Å². The second kappa shape index (κ2) is 14.6. The lowest BCUT2D eigenvalue weighted by Gasteiger charge is -2.50. The third kappa shape index (κ3) is 6.43. The van der Waals surface area contributed by atoms with Crippen LogP contribution < -0.4 is 20.7 Å². The number of imide groups is 2. The van der Waals surface area contributed by atoms with E-state index in [9.17, 15) is 19.2 Å². The van der Waals surface area contributed by atoms with E-state index in [1.54, 1.807) is 12.1 Å². The Morgan fingerprint density at radius 1 is 0.707 bits per heavy atom. The fraction of sp³-hybridized carbons (Fsp3) is 0.372. The van der Waals surface area contributed by atoms with Crippen LogP contribution in [-0.4, -0.2) is 115 Å². The molecule has 15 nitrogen and oxygen atoms in total. The maximum atomic E-state index is 13.3. The highest BCUT2D eigenvalue weighted by Crippen LogP contribution is 2.37. The van der Waals surface area contributed by atoms with Crippen LogP contribution in [-0.2, 0) is 9.59 Å². The number of ether oxygens (including phenoxy) is 1. The number of carbonyl (C=O) groups is 4. The van der Waals surface area contributed by atoms with E-state index in [1.807, 2.05) is 60.7 Å². The molecule has 5 aliphatic heterocycles. The van der Waals surface area contributed by atoms with E-state index in [4.69, 9.17) is 15.6 Å². The van der Waals surface area contributed by atoms with Crippen LogP contribution in [0.25, 0.3) is 22.3 Å². The van der Waals surface area contributed by atoms with Gasteiger partial charge in [-0.15, -0.1) is 0 Å². The largest absolute Gasteiger partial charge is 0.457 e. The number of carbonyl (C=O) groups excluding carboxylic acids is 4. The number of para-hydroxylation sites is 1. The number of rotatable bonds is 8. The van der Waals surface area contributed by atoms with Gasteiger partial charge in [-0.25, -0.2) is 14.6 Å². The van der Waals surface area contributed by atoms with Crippen molar-refractivity contribution in [3.63, 3.8) is 0 Å². The van der Waals surface area contributed by atoms with Gasteiger partial charge in [-0.3, -0.25) is 34.3 Å². The predicted octanol–water partition coefficient (Wildman–Crippen LogP) is 4.26. The van der Waals surface area contributed by atoms with Crippen molar-refractivity contribution in [2.75, 3.05) is 49.9 Å². The summed E-state index contributed by atoms with van der Waals surface area (Å²) in [6.45, 7) is 5.78. The molecule has 15 heteroatoms. The smallest absolute Gasteiger partial charge is 0.262 e. The third-order valence-corrected chi connectivity index (χ3v) is 12.7. The van der Waals surface area contributed by atoms with E-state index in [0.29, 0.717) is 29.0 Å². The molecule has 1 unspecified atom stereocenters. The normalized spacial score (nSPS) is 21.4. The molecular formula is C43H44N10O5. The first kappa shape index (κ1) is 36.2. The Balaban J connectivity index is 0.731. The minimum atomic E-state index is -0.965. The van der Waals surface area contributed by atoms with Crippen LogP contribution in [0.15, 0.2) is 79.1 Å². The Labute approximate surface area is 334 Å². The van der Waals surface area contributed by atoms with Gasteiger partial charge in [0.25, 0.3) is 11.8 Å². The molecule has 5 aliphatic rings. The Morgan fingerprint density at radius 3 is 2.10 bits per heavy atom. The number of benzene rings is 3. The second-order valence-electron chi connectivity index (χ2n) is 16.0. The number of nitrogens with one attached hydrogen (secondary N) is 1. The van der Waals surface area contributed by atoms with Crippen LogP contribution in [0.1, 0.15) is 65.3 Å². The Hall–Kier alpha value is -6.19. The van der Waals surface area contributed by atoms with Crippen molar-refractivity contribution in [3.8, 4) is 22.8 Å². The first-order valence-electron chi connectivity index (χ1n) is 20.2. The number of nitrogens with two attached hydrogens (primary N) is 1. The lowest BCUT2D eigenvalue weighted by molar-refractivity contribution is -0.136. The number of nitrogen functional groups attached to an aromatic ring is 1. The molecule has 0 aliphatic carbocycles. The van der Waals surface area contributed by atoms with E-state index in [-0.39, 0.29) is 24.8 Å². The summed E-state index contributed by atoms with van der Waals surface area (Å²) in [6, 6.07) is 23.2. The summed E-state index contributed by atoms with van der Waals surface area (Å²) >= 11 is 0. The van der Waals surface area contributed by atoms with Gasteiger partial charge >= 0.3 is 0 Å². The van der Waals surface area contributed by atoms with Crippen LogP contribution in [0.4, 0.5) is 11.5 Å². The minimum absolute atomic E-state index is 0.0983. The van der Waals surface area contributed by atoms with Crippen LogP contribution in [0.3, 0.4) is 0 Å². The standard InChI is InChI=1S/C43H44N10O5/c44-39-37-38(26-6-9-32(10-7-26)58-31-4-2-1-3-5-31)48-53(40(37)46-25-45-39)28-16-20-49(21-17-28)27-14-18-50(19-15-27)30-23-51(24-30)29-8-11-33-34(22-29)43(57)52(42(33)56)35-12-13-36(54)47-41(35)55/h1-11,22,25,27-28,30,35H,12-21,23-24H2,(H2,44,45,46)(H,47,54,55). The highest BCUT2D eigenvalue weighted by molar-refractivity contribution is 6.23. The molecule has 4 saturated heterocycles. The number of hydrogen-bond donors (Lipinski definition) is 2. The van der Waals surface area contributed by atoms with Gasteiger partial charge in [-0.2, -0.15) is 5.10 Å². The number of nitrogens with zero attached hydrogens (tertiary/aromatic N) is 8. The number of hydrogen-bond acceptors (Lipinski definition) is 12. The zero-order valence-electron chi connectivity index (χ0n) is 32.0. The van der Waals surface area contributed by atoms with Gasteiger partial charge in [0.2, 0.25) is 11.8 Å². The van der Waals surface area contributed by atoms with Crippen molar-refractivity contribution < 1.29 is 23.9 Å². The Kier molecular flexibility index (Phi) is 9.13. The molecule has 3 aromatic carbocycles. The van der Waals surface area contributed by atoms with E-state index >= 15 is 0 Å². The zero-order valence-corrected chi connectivity index (χ0v) is 32.0. The van der Waals surface area contributed by atoms with E-state index < -0.39 is 23.8 Å². The maximum Gasteiger partial charge on any atom is 0.262 e. The van der Waals surface area contributed by atoms with Gasteiger partial charge in [0, 0.05) is 69.0 Å². The molecule has 4 amide bonds.